The molecule has 1 aromatic heterocycles. The van der Waals surface area contributed by atoms with Crippen LogP contribution in [0.3, 0.4) is 0 Å². The molecular formula is C14H13FN2O3S. The van der Waals surface area contributed by atoms with Crippen molar-refractivity contribution in [3.8, 4) is 0 Å². The largest absolute Gasteiger partial charge is 0.380 e. The van der Waals surface area contributed by atoms with Crippen molar-refractivity contribution in [2.45, 2.75) is 23.0 Å². The number of thioether (sulfide) groups is 1. The van der Waals surface area contributed by atoms with Gasteiger partial charge in [0, 0.05) is 11.3 Å². The third kappa shape index (κ3) is 3.48. The van der Waals surface area contributed by atoms with Crippen molar-refractivity contribution in [3.05, 3.63) is 41.8 Å². The Hall–Kier alpha value is -1.73. The topological polar surface area (TPSA) is 65.2 Å². The Morgan fingerprint density at radius 1 is 1.43 bits per heavy atom. The molecule has 1 saturated heterocycles. The Morgan fingerprint density at radius 2 is 2.33 bits per heavy atom. The van der Waals surface area contributed by atoms with Gasteiger partial charge in [0.25, 0.3) is 0 Å². The lowest BCUT2D eigenvalue weighted by atomic mass is 10.0. The molecular weight excluding hydrogens is 295 g/mol. The summed E-state index contributed by atoms with van der Waals surface area (Å²) in [5.74, 6) is 0.564. The molecule has 1 aliphatic heterocycles. The van der Waals surface area contributed by atoms with E-state index in [-0.39, 0.29) is 18.2 Å². The number of aromatic nitrogens is 2. The SMILES string of the molecule is O=C1CCOCC1c1nc(CSc2cccc(F)c2)no1. The van der Waals surface area contributed by atoms with Crippen molar-refractivity contribution in [1.29, 1.82) is 0 Å². The Labute approximate surface area is 124 Å². The molecule has 1 unspecified atom stereocenters. The second-order valence-electron chi connectivity index (χ2n) is 4.64. The maximum Gasteiger partial charge on any atom is 0.239 e. The van der Waals surface area contributed by atoms with Crippen LogP contribution in [0.1, 0.15) is 24.1 Å². The highest BCUT2D eigenvalue weighted by Gasteiger charge is 2.29. The number of hydrogen-bond acceptors (Lipinski definition) is 6. The van der Waals surface area contributed by atoms with E-state index in [2.05, 4.69) is 10.1 Å². The molecule has 21 heavy (non-hydrogen) atoms. The third-order valence-electron chi connectivity index (χ3n) is 3.11. The van der Waals surface area contributed by atoms with Crippen molar-refractivity contribution in [2.24, 2.45) is 0 Å². The molecule has 1 atom stereocenters. The Balaban J connectivity index is 1.63. The van der Waals surface area contributed by atoms with Crippen LogP contribution in [0, 0.1) is 5.82 Å². The molecule has 1 fully saturated rings. The summed E-state index contributed by atoms with van der Waals surface area (Å²) in [5, 5.41) is 3.85. The quantitative estimate of drug-likeness (QED) is 0.809. The predicted octanol–water partition coefficient (Wildman–Crippen LogP) is 2.57. The van der Waals surface area contributed by atoms with Crippen molar-refractivity contribution >= 4 is 17.5 Å². The molecule has 2 heterocycles. The van der Waals surface area contributed by atoms with Gasteiger partial charge in [0.2, 0.25) is 5.89 Å². The van der Waals surface area contributed by atoms with Crippen molar-refractivity contribution in [3.63, 3.8) is 0 Å². The molecule has 0 spiro atoms. The van der Waals surface area contributed by atoms with Gasteiger partial charge in [-0.15, -0.1) is 11.8 Å². The maximum atomic E-state index is 13.1. The molecule has 0 bridgehead atoms. The normalized spacial score (nSPS) is 18.9. The van der Waals surface area contributed by atoms with E-state index in [1.807, 2.05) is 6.07 Å². The van der Waals surface area contributed by atoms with E-state index in [9.17, 15) is 9.18 Å². The first-order valence-corrected chi connectivity index (χ1v) is 7.52. The fourth-order valence-electron chi connectivity index (χ4n) is 2.02. The average Bonchev–Trinajstić information content (AvgIpc) is 2.94. The van der Waals surface area contributed by atoms with E-state index in [4.69, 9.17) is 9.26 Å². The van der Waals surface area contributed by atoms with Crippen LogP contribution in [-0.2, 0) is 15.3 Å². The van der Waals surface area contributed by atoms with Gasteiger partial charge in [-0.1, -0.05) is 11.2 Å². The van der Waals surface area contributed by atoms with Crippen LogP contribution in [-0.4, -0.2) is 29.1 Å². The second kappa shape index (κ2) is 6.36. The lowest BCUT2D eigenvalue weighted by Gasteiger charge is -2.16. The number of carbonyl (C=O) groups is 1. The molecule has 0 saturated carbocycles. The zero-order chi connectivity index (χ0) is 14.7. The molecule has 3 rings (SSSR count). The Bertz CT molecular complexity index is 647. The van der Waals surface area contributed by atoms with E-state index in [0.717, 1.165) is 4.90 Å². The van der Waals surface area contributed by atoms with E-state index in [1.165, 1.54) is 23.9 Å². The smallest absolute Gasteiger partial charge is 0.239 e. The number of ether oxygens (including phenoxy) is 1. The van der Waals surface area contributed by atoms with E-state index in [0.29, 0.717) is 30.5 Å². The summed E-state index contributed by atoms with van der Waals surface area (Å²) >= 11 is 1.41. The number of carbonyl (C=O) groups excluding carboxylic acids is 1. The zero-order valence-electron chi connectivity index (χ0n) is 11.1. The number of hydrogen-bond donors (Lipinski definition) is 0. The van der Waals surface area contributed by atoms with E-state index >= 15 is 0 Å². The van der Waals surface area contributed by atoms with Gasteiger partial charge in [0.1, 0.15) is 17.5 Å². The first kappa shape index (κ1) is 14.2. The molecule has 1 aliphatic rings. The summed E-state index contributed by atoms with van der Waals surface area (Å²) in [4.78, 5) is 16.8. The summed E-state index contributed by atoms with van der Waals surface area (Å²) < 4.78 is 23.5. The van der Waals surface area contributed by atoms with Gasteiger partial charge in [-0.3, -0.25) is 4.79 Å². The third-order valence-corrected chi connectivity index (χ3v) is 4.10. The number of halogens is 1. The van der Waals surface area contributed by atoms with Crippen LogP contribution in [0.4, 0.5) is 4.39 Å². The minimum Gasteiger partial charge on any atom is -0.380 e. The molecule has 7 heteroatoms. The Kier molecular flexibility index (Phi) is 4.31. The highest BCUT2D eigenvalue weighted by Crippen LogP contribution is 2.25. The highest BCUT2D eigenvalue weighted by atomic mass is 32.2. The van der Waals surface area contributed by atoms with Crippen molar-refractivity contribution in [2.75, 3.05) is 13.2 Å². The minimum absolute atomic E-state index is 0.0641. The van der Waals surface area contributed by atoms with Crippen LogP contribution in [0.2, 0.25) is 0 Å². The van der Waals surface area contributed by atoms with Crippen LogP contribution in [0.15, 0.2) is 33.7 Å². The molecule has 0 N–H and O–H groups in total. The summed E-state index contributed by atoms with van der Waals surface area (Å²) in [6.07, 6.45) is 0.375. The summed E-state index contributed by atoms with van der Waals surface area (Å²) in [5.41, 5.74) is 0. The minimum atomic E-state index is -0.459. The maximum absolute atomic E-state index is 13.1. The van der Waals surface area contributed by atoms with Gasteiger partial charge in [0.05, 0.1) is 19.0 Å². The highest BCUT2D eigenvalue weighted by molar-refractivity contribution is 7.98. The first-order valence-electron chi connectivity index (χ1n) is 6.53. The number of benzene rings is 1. The monoisotopic (exact) mass is 308 g/mol. The molecule has 1 aromatic carbocycles. The van der Waals surface area contributed by atoms with Crippen LogP contribution in [0.5, 0.6) is 0 Å². The van der Waals surface area contributed by atoms with Gasteiger partial charge in [-0.25, -0.2) is 4.39 Å². The zero-order valence-corrected chi connectivity index (χ0v) is 11.9. The van der Waals surface area contributed by atoms with E-state index in [1.54, 1.807) is 6.07 Å². The van der Waals surface area contributed by atoms with Crippen LogP contribution in [0.25, 0.3) is 0 Å². The van der Waals surface area contributed by atoms with Gasteiger partial charge in [-0.05, 0) is 18.2 Å². The number of rotatable bonds is 4. The van der Waals surface area contributed by atoms with Gasteiger partial charge in [-0.2, -0.15) is 4.98 Å². The van der Waals surface area contributed by atoms with Gasteiger partial charge < -0.3 is 9.26 Å². The Morgan fingerprint density at radius 3 is 3.14 bits per heavy atom. The average molecular weight is 308 g/mol. The number of Topliss-reactive ketones (excluding diaryl/α,β-unsaturated/α-hetero) is 1. The fraction of sp³-hybridized carbons (Fsp3) is 0.357. The van der Waals surface area contributed by atoms with Crippen LogP contribution < -0.4 is 0 Å². The molecule has 0 radical (unpaired) electrons. The number of ketones is 1. The molecule has 5 nitrogen and oxygen atoms in total. The standard InChI is InChI=1S/C14H13FN2O3S/c15-9-2-1-3-10(6-9)21-8-13-16-14(20-17-13)11-7-19-5-4-12(11)18/h1-3,6,11H,4-5,7-8H2. The number of nitrogens with zero attached hydrogens (tertiary/aromatic N) is 2. The van der Waals surface area contributed by atoms with Crippen molar-refractivity contribution < 1.29 is 18.4 Å². The summed E-state index contributed by atoms with van der Waals surface area (Å²) in [6, 6.07) is 6.31. The lowest BCUT2D eigenvalue weighted by Crippen LogP contribution is -2.25. The van der Waals surface area contributed by atoms with Gasteiger partial charge >= 0.3 is 0 Å². The predicted molar refractivity (Wildman–Crippen MR) is 73.4 cm³/mol. The molecule has 2 aromatic rings. The molecule has 0 aliphatic carbocycles. The van der Waals surface area contributed by atoms with Gasteiger partial charge in [0.15, 0.2) is 5.82 Å². The summed E-state index contributed by atoms with van der Waals surface area (Å²) in [6.45, 7) is 0.739. The van der Waals surface area contributed by atoms with Crippen LogP contribution >= 0.6 is 11.8 Å². The second-order valence-corrected chi connectivity index (χ2v) is 5.69. The van der Waals surface area contributed by atoms with E-state index < -0.39 is 5.92 Å². The van der Waals surface area contributed by atoms with Crippen molar-refractivity contribution in [1.82, 2.24) is 10.1 Å². The fourth-order valence-corrected chi connectivity index (χ4v) is 2.81. The first-order chi connectivity index (χ1) is 10.2. The summed E-state index contributed by atoms with van der Waals surface area (Å²) in [7, 11) is 0. The molecule has 110 valence electrons. The molecule has 0 amide bonds. The lowest BCUT2D eigenvalue weighted by molar-refractivity contribution is -0.127.